The molecule has 2 aromatic heterocycles. The molecule has 2 heterocycles. The number of carbonyl (C=O) groups is 2. The van der Waals surface area contributed by atoms with Crippen LogP contribution in [0, 0.1) is 0 Å². The third-order valence-electron chi connectivity index (χ3n) is 3.37. The van der Waals surface area contributed by atoms with Gasteiger partial charge in [-0.1, -0.05) is 32.1 Å². The minimum Gasteiger partial charge on any atom is -0.469 e. The normalized spacial score (nSPS) is 11.4. The molecule has 7 nitrogen and oxygen atoms in total. The number of thioether (sulfide) groups is 1. The fraction of sp³-hybridized carbons (Fsp3) is 0.529. The minimum atomic E-state index is -0.313. The molecule has 26 heavy (non-hydrogen) atoms. The number of nitrogens with zero attached hydrogens (tertiary/aromatic N) is 2. The minimum absolute atomic E-state index is 0.0638. The molecule has 0 aliphatic rings. The van der Waals surface area contributed by atoms with Crippen LogP contribution in [0.4, 0.5) is 5.13 Å². The number of methoxy groups -OCH3 is 1. The topological polar surface area (TPSA) is 94.3 Å². The quantitative estimate of drug-likeness (QED) is 0.531. The summed E-state index contributed by atoms with van der Waals surface area (Å²) in [5.41, 5.74) is -0.0638. The van der Waals surface area contributed by atoms with Gasteiger partial charge in [-0.3, -0.25) is 9.59 Å². The number of rotatable bonds is 8. The first-order chi connectivity index (χ1) is 12.3. The lowest BCUT2D eigenvalue weighted by atomic mass is 9.94. The number of aromatic nitrogens is 2. The van der Waals surface area contributed by atoms with Gasteiger partial charge in [0.25, 0.3) is 0 Å². The van der Waals surface area contributed by atoms with Crippen molar-refractivity contribution in [2.24, 2.45) is 0 Å². The van der Waals surface area contributed by atoms with Gasteiger partial charge in [-0.15, -0.1) is 11.8 Å². The lowest BCUT2D eigenvalue weighted by Gasteiger charge is -2.12. The second kappa shape index (κ2) is 9.18. The summed E-state index contributed by atoms with van der Waals surface area (Å²) in [6.45, 7) is 6.23. The van der Waals surface area contributed by atoms with E-state index in [0.29, 0.717) is 23.2 Å². The SMILES string of the molecule is COC(=O)CCCC(=O)Nc1ncc(SCc2ncc(C(C)(C)C)o2)s1. The Morgan fingerprint density at radius 3 is 2.69 bits per heavy atom. The first kappa shape index (κ1) is 20.4. The van der Waals surface area contributed by atoms with Crippen molar-refractivity contribution in [3.63, 3.8) is 0 Å². The lowest BCUT2D eigenvalue weighted by Crippen LogP contribution is -2.11. The van der Waals surface area contributed by atoms with Crippen LogP contribution in [0.3, 0.4) is 0 Å². The zero-order valence-corrected chi connectivity index (χ0v) is 17.0. The molecule has 9 heteroatoms. The summed E-state index contributed by atoms with van der Waals surface area (Å²) in [5.74, 6) is 1.65. The number of ether oxygens (including phenoxy) is 1. The van der Waals surface area contributed by atoms with Crippen molar-refractivity contribution >= 4 is 40.1 Å². The maximum Gasteiger partial charge on any atom is 0.305 e. The van der Waals surface area contributed by atoms with Gasteiger partial charge >= 0.3 is 5.97 Å². The molecule has 1 amide bonds. The maximum atomic E-state index is 11.8. The van der Waals surface area contributed by atoms with Crippen molar-refractivity contribution in [1.29, 1.82) is 0 Å². The number of anilines is 1. The fourth-order valence-electron chi connectivity index (χ4n) is 1.92. The van der Waals surface area contributed by atoms with E-state index in [1.54, 1.807) is 24.2 Å². The van der Waals surface area contributed by atoms with Crippen LogP contribution >= 0.6 is 23.1 Å². The van der Waals surface area contributed by atoms with Gasteiger partial charge in [-0.25, -0.2) is 9.97 Å². The molecule has 0 saturated carbocycles. The average Bonchev–Trinajstić information content (AvgIpc) is 3.21. The molecule has 0 saturated heterocycles. The smallest absolute Gasteiger partial charge is 0.305 e. The second-order valence-electron chi connectivity index (χ2n) is 6.62. The van der Waals surface area contributed by atoms with E-state index in [9.17, 15) is 9.59 Å². The van der Waals surface area contributed by atoms with E-state index in [4.69, 9.17) is 4.42 Å². The van der Waals surface area contributed by atoms with Crippen LogP contribution in [0.5, 0.6) is 0 Å². The number of oxazole rings is 1. The highest BCUT2D eigenvalue weighted by atomic mass is 32.2. The predicted molar refractivity (Wildman–Crippen MR) is 101 cm³/mol. The molecule has 0 aromatic carbocycles. The van der Waals surface area contributed by atoms with Gasteiger partial charge in [0, 0.05) is 18.3 Å². The Kier molecular flexibility index (Phi) is 7.22. The Balaban J connectivity index is 1.77. The van der Waals surface area contributed by atoms with Crippen LogP contribution in [-0.2, 0) is 25.5 Å². The summed E-state index contributed by atoms with van der Waals surface area (Å²) in [4.78, 5) is 31.4. The van der Waals surface area contributed by atoms with Gasteiger partial charge in [0.1, 0.15) is 5.76 Å². The van der Waals surface area contributed by atoms with Crippen LogP contribution in [0.25, 0.3) is 0 Å². The van der Waals surface area contributed by atoms with Gasteiger partial charge in [0.05, 0.1) is 29.5 Å². The molecule has 0 radical (unpaired) electrons. The number of nitrogens with one attached hydrogen (secondary N) is 1. The number of amides is 1. The summed E-state index contributed by atoms with van der Waals surface area (Å²) >= 11 is 2.95. The van der Waals surface area contributed by atoms with E-state index >= 15 is 0 Å². The molecule has 0 unspecified atom stereocenters. The maximum absolute atomic E-state index is 11.8. The lowest BCUT2D eigenvalue weighted by molar-refractivity contribution is -0.140. The van der Waals surface area contributed by atoms with Crippen LogP contribution in [0.2, 0.25) is 0 Å². The van der Waals surface area contributed by atoms with Crippen LogP contribution in [0.15, 0.2) is 21.0 Å². The number of hydrogen-bond donors (Lipinski definition) is 1. The van der Waals surface area contributed by atoms with Gasteiger partial charge in [-0.05, 0) is 6.42 Å². The number of carbonyl (C=O) groups excluding carboxylic acids is 2. The number of esters is 1. The first-order valence-corrected chi connectivity index (χ1v) is 9.98. The molecule has 0 spiro atoms. The second-order valence-corrected chi connectivity index (χ2v) is 8.93. The van der Waals surface area contributed by atoms with E-state index in [0.717, 1.165) is 9.97 Å². The zero-order valence-electron chi connectivity index (χ0n) is 15.3. The molecule has 2 aromatic rings. The summed E-state index contributed by atoms with van der Waals surface area (Å²) in [6, 6.07) is 0. The summed E-state index contributed by atoms with van der Waals surface area (Å²) in [5, 5.41) is 3.28. The number of hydrogen-bond acceptors (Lipinski definition) is 8. The Hall–Kier alpha value is -1.87. The highest BCUT2D eigenvalue weighted by Gasteiger charge is 2.19. The van der Waals surface area contributed by atoms with Crippen molar-refractivity contribution in [2.75, 3.05) is 12.4 Å². The third-order valence-corrected chi connectivity index (χ3v) is 5.47. The van der Waals surface area contributed by atoms with Gasteiger partial charge in [0.2, 0.25) is 11.8 Å². The monoisotopic (exact) mass is 397 g/mol. The third kappa shape index (κ3) is 6.45. The molecule has 0 aliphatic carbocycles. The van der Waals surface area contributed by atoms with Crippen molar-refractivity contribution < 1.29 is 18.7 Å². The molecule has 142 valence electrons. The summed E-state index contributed by atoms with van der Waals surface area (Å²) < 4.78 is 11.3. The molecule has 0 bridgehead atoms. The molecule has 0 aliphatic heterocycles. The molecule has 1 N–H and O–H groups in total. The molecular weight excluding hydrogens is 374 g/mol. The van der Waals surface area contributed by atoms with Crippen LogP contribution in [-0.4, -0.2) is 29.0 Å². The van der Waals surface area contributed by atoms with E-state index in [1.165, 1.54) is 18.4 Å². The molecule has 0 atom stereocenters. The van der Waals surface area contributed by atoms with Crippen molar-refractivity contribution in [3.8, 4) is 0 Å². The average molecular weight is 398 g/mol. The largest absolute Gasteiger partial charge is 0.469 e. The molecule has 0 fully saturated rings. The van der Waals surface area contributed by atoms with Gasteiger partial charge < -0.3 is 14.5 Å². The first-order valence-electron chi connectivity index (χ1n) is 8.18. The van der Waals surface area contributed by atoms with Gasteiger partial charge in [-0.2, -0.15) is 0 Å². The van der Waals surface area contributed by atoms with E-state index in [-0.39, 0.29) is 30.1 Å². The standard InChI is InChI=1S/C17H23N3O4S2/c1-17(2,3)11-8-18-13(24-11)10-25-15-9-19-16(26-15)20-12(21)6-5-7-14(22)23-4/h8-9H,5-7,10H2,1-4H3,(H,19,20,21). The fourth-order valence-corrected chi connectivity index (χ4v) is 3.66. The Morgan fingerprint density at radius 2 is 2.04 bits per heavy atom. The van der Waals surface area contributed by atoms with Crippen LogP contribution in [0.1, 0.15) is 51.7 Å². The Morgan fingerprint density at radius 1 is 1.27 bits per heavy atom. The number of thiazole rings is 1. The Labute approximate surface area is 160 Å². The Bertz CT molecular complexity index is 749. The predicted octanol–water partition coefficient (Wildman–Crippen LogP) is 4.00. The summed E-state index contributed by atoms with van der Waals surface area (Å²) in [6.07, 6.45) is 4.42. The van der Waals surface area contributed by atoms with E-state index < -0.39 is 0 Å². The summed E-state index contributed by atoms with van der Waals surface area (Å²) in [7, 11) is 1.33. The van der Waals surface area contributed by atoms with E-state index in [2.05, 4.69) is 40.8 Å². The van der Waals surface area contributed by atoms with E-state index in [1.807, 2.05) is 0 Å². The van der Waals surface area contributed by atoms with Gasteiger partial charge in [0.15, 0.2) is 5.13 Å². The molecular formula is C17H23N3O4S2. The van der Waals surface area contributed by atoms with Crippen molar-refractivity contribution in [3.05, 3.63) is 24.0 Å². The molecule has 2 rings (SSSR count). The van der Waals surface area contributed by atoms with Crippen LogP contribution < -0.4 is 5.32 Å². The highest BCUT2D eigenvalue weighted by molar-refractivity contribution is 8.00. The van der Waals surface area contributed by atoms with Crippen molar-refractivity contribution in [2.45, 2.75) is 55.4 Å². The highest BCUT2D eigenvalue weighted by Crippen LogP contribution is 2.31. The zero-order chi connectivity index (χ0) is 19.2. The van der Waals surface area contributed by atoms with Crippen molar-refractivity contribution in [1.82, 2.24) is 9.97 Å².